The molecule has 0 aliphatic rings. The maximum Gasteiger partial charge on any atom is 0.410 e. The fourth-order valence-electron chi connectivity index (χ4n) is 2.54. The van der Waals surface area contributed by atoms with E-state index >= 15 is 0 Å². The molecule has 8 heteroatoms. The van der Waals surface area contributed by atoms with E-state index in [9.17, 15) is 9.59 Å². The van der Waals surface area contributed by atoms with Gasteiger partial charge in [0.25, 0.3) is 0 Å². The Labute approximate surface area is 159 Å². The number of thiazole rings is 1. The van der Waals surface area contributed by atoms with Crippen molar-refractivity contribution < 1.29 is 24.2 Å². The highest BCUT2D eigenvalue weighted by Gasteiger charge is 2.31. The van der Waals surface area contributed by atoms with E-state index in [2.05, 4.69) is 4.98 Å². The fraction of sp³-hybridized carbons (Fsp3) is 0.722. The van der Waals surface area contributed by atoms with Gasteiger partial charge in [0.05, 0.1) is 0 Å². The van der Waals surface area contributed by atoms with Crippen LogP contribution in [0.3, 0.4) is 0 Å². The van der Waals surface area contributed by atoms with Crippen molar-refractivity contribution in [3.63, 3.8) is 0 Å². The first-order chi connectivity index (χ1) is 12.0. The van der Waals surface area contributed by atoms with E-state index in [1.807, 2.05) is 41.5 Å². The quantitative estimate of drug-likeness (QED) is 0.720. The average molecular weight is 387 g/mol. The third-order valence-corrected chi connectivity index (χ3v) is 4.73. The van der Waals surface area contributed by atoms with E-state index < -0.39 is 17.7 Å². The largest absolute Gasteiger partial charge is 0.476 e. The fourth-order valence-corrected chi connectivity index (χ4v) is 3.39. The van der Waals surface area contributed by atoms with Gasteiger partial charge in [0, 0.05) is 31.5 Å². The van der Waals surface area contributed by atoms with Crippen molar-refractivity contribution in [3.05, 3.63) is 16.1 Å². The van der Waals surface area contributed by atoms with Gasteiger partial charge < -0.3 is 19.5 Å². The number of carboxylic acids is 1. The number of hydrogen-bond donors (Lipinski definition) is 1. The molecular weight excluding hydrogens is 356 g/mol. The van der Waals surface area contributed by atoms with Crippen LogP contribution in [0.15, 0.2) is 5.38 Å². The highest BCUT2D eigenvalue weighted by Crippen LogP contribution is 2.30. The number of aromatic nitrogens is 1. The lowest BCUT2D eigenvalue weighted by Crippen LogP contribution is -2.44. The Morgan fingerprint density at radius 3 is 2.38 bits per heavy atom. The van der Waals surface area contributed by atoms with Gasteiger partial charge in [-0.3, -0.25) is 0 Å². The first kappa shape index (κ1) is 22.4. The summed E-state index contributed by atoms with van der Waals surface area (Å²) in [5.41, 5.74) is -0.561. The summed E-state index contributed by atoms with van der Waals surface area (Å²) in [5, 5.41) is 11.2. The van der Waals surface area contributed by atoms with E-state index in [4.69, 9.17) is 14.6 Å². The number of rotatable bonds is 8. The molecule has 2 atom stereocenters. The first-order valence-electron chi connectivity index (χ1n) is 8.72. The van der Waals surface area contributed by atoms with Gasteiger partial charge in [-0.25, -0.2) is 14.6 Å². The number of aromatic carboxylic acids is 1. The molecule has 0 bridgehead atoms. The molecular formula is C18H30N2O5S. The Kier molecular flexibility index (Phi) is 8.02. The minimum Gasteiger partial charge on any atom is -0.476 e. The normalized spacial score (nSPS) is 14.2. The Morgan fingerprint density at radius 1 is 1.35 bits per heavy atom. The molecule has 7 nitrogen and oxygen atoms in total. The SMILES string of the molecule is CCO[C@H](C[C@H](C(C)C)N(C)C(=O)OC(C)(C)C)c1nc(C(=O)O)cs1. The van der Waals surface area contributed by atoms with Crippen LogP contribution in [0.4, 0.5) is 4.79 Å². The second-order valence-electron chi connectivity index (χ2n) is 7.46. The summed E-state index contributed by atoms with van der Waals surface area (Å²) in [4.78, 5) is 29.3. The smallest absolute Gasteiger partial charge is 0.410 e. The van der Waals surface area contributed by atoms with Crippen LogP contribution in [0.1, 0.15) is 69.6 Å². The van der Waals surface area contributed by atoms with E-state index in [0.717, 1.165) is 0 Å². The van der Waals surface area contributed by atoms with Crippen molar-refractivity contribution in [3.8, 4) is 0 Å². The number of hydrogen-bond acceptors (Lipinski definition) is 6. The molecule has 1 aromatic heterocycles. The molecule has 0 saturated heterocycles. The second kappa shape index (κ2) is 9.32. The van der Waals surface area contributed by atoms with E-state index in [1.165, 1.54) is 16.7 Å². The lowest BCUT2D eigenvalue weighted by atomic mass is 9.96. The zero-order valence-corrected chi connectivity index (χ0v) is 17.4. The number of carbonyl (C=O) groups is 2. The van der Waals surface area contributed by atoms with Crippen LogP contribution in [-0.4, -0.2) is 52.4 Å². The van der Waals surface area contributed by atoms with E-state index in [1.54, 1.807) is 11.9 Å². The van der Waals surface area contributed by atoms with Crippen molar-refractivity contribution >= 4 is 23.4 Å². The summed E-state index contributed by atoms with van der Waals surface area (Å²) in [7, 11) is 1.71. The van der Waals surface area contributed by atoms with Crippen molar-refractivity contribution in [1.82, 2.24) is 9.88 Å². The molecule has 0 spiro atoms. The third kappa shape index (κ3) is 6.57. The van der Waals surface area contributed by atoms with Crippen molar-refractivity contribution in [2.75, 3.05) is 13.7 Å². The van der Waals surface area contributed by atoms with Gasteiger partial charge >= 0.3 is 12.1 Å². The third-order valence-electron chi connectivity index (χ3n) is 3.79. The van der Waals surface area contributed by atoms with Gasteiger partial charge in [-0.1, -0.05) is 13.8 Å². The van der Waals surface area contributed by atoms with Crippen LogP contribution in [0.2, 0.25) is 0 Å². The van der Waals surface area contributed by atoms with Gasteiger partial charge in [-0.15, -0.1) is 11.3 Å². The summed E-state index contributed by atoms with van der Waals surface area (Å²) in [5.74, 6) is -0.900. The summed E-state index contributed by atoms with van der Waals surface area (Å²) < 4.78 is 11.3. The van der Waals surface area contributed by atoms with Gasteiger partial charge in [-0.2, -0.15) is 0 Å². The number of ether oxygens (including phenoxy) is 2. The zero-order valence-electron chi connectivity index (χ0n) is 16.6. The molecule has 0 radical (unpaired) electrons. The molecule has 1 rings (SSSR count). The topological polar surface area (TPSA) is 89.0 Å². The van der Waals surface area contributed by atoms with E-state index in [0.29, 0.717) is 18.0 Å². The average Bonchev–Trinajstić information content (AvgIpc) is 2.98. The maximum absolute atomic E-state index is 12.4. The Bertz CT molecular complexity index is 609. The number of nitrogens with zero attached hydrogens (tertiary/aromatic N) is 2. The summed E-state index contributed by atoms with van der Waals surface area (Å²) in [6, 6.07) is -0.140. The molecule has 1 aromatic rings. The van der Waals surface area contributed by atoms with Crippen molar-refractivity contribution in [2.45, 2.75) is 65.7 Å². The lowest BCUT2D eigenvalue weighted by Gasteiger charge is -2.34. The van der Waals surface area contributed by atoms with Crippen LogP contribution in [0.25, 0.3) is 0 Å². The molecule has 0 aliphatic heterocycles. The molecule has 0 aliphatic carbocycles. The van der Waals surface area contributed by atoms with Gasteiger partial charge in [-0.05, 0) is 33.6 Å². The second-order valence-corrected chi connectivity index (χ2v) is 8.35. The number of carbonyl (C=O) groups excluding carboxylic acids is 1. The predicted octanol–water partition coefficient (Wildman–Crippen LogP) is 4.20. The number of carboxylic acid groups (broad SMARTS) is 1. The Morgan fingerprint density at radius 2 is 1.96 bits per heavy atom. The molecule has 0 fully saturated rings. The molecule has 148 valence electrons. The van der Waals surface area contributed by atoms with Gasteiger partial charge in [0.1, 0.15) is 16.7 Å². The number of amides is 1. The molecule has 1 amide bonds. The highest BCUT2D eigenvalue weighted by molar-refractivity contribution is 7.09. The molecule has 0 saturated carbocycles. The molecule has 26 heavy (non-hydrogen) atoms. The lowest BCUT2D eigenvalue weighted by molar-refractivity contribution is -0.000894. The Balaban J connectivity index is 2.99. The molecule has 0 unspecified atom stereocenters. The zero-order chi connectivity index (χ0) is 20.1. The van der Waals surface area contributed by atoms with Crippen LogP contribution in [0, 0.1) is 5.92 Å². The maximum atomic E-state index is 12.4. The highest BCUT2D eigenvalue weighted by atomic mass is 32.1. The van der Waals surface area contributed by atoms with Crippen molar-refractivity contribution in [1.29, 1.82) is 0 Å². The predicted molar refractivity (Wildman–Crippen MR) is 101 cm³/mol. The van der Waals surface area contributed by atoms with E-state index in [-0.39, 0.29) is 23.8 Å². The minimum absolute atomic E-state index is 0.0105. The van der Waals surface area contributed by atoms with Crippen LogP contribution >= 0.6 is 11.3 Å². The summed E-state index contributed by atoms with van der Waals surface area (Å²) in [6.45, 7) is 11.9. The summed E-state index contributed by atoms with van der Waals surface area (Å²) >= 11 is 1.26. The monoisotopic (exact) mass is 386 g/mol. The minimum atomic E-state index is -1.06. The van der Waals surface area contributed by atoms with Gasteiger partial charge in [0.15, 0.2) is 5.69 Å². The van der Waals surface area contributed by atoms with Gasteiger partial charge in [0.2, 0.25) is 0 Å². The molecule has 1 N–H and O–H groups in total. The van der Waals surface area contributed by atoms with Crippen molar-refractivity contribution in [2.24, 2.45) is 5.92 Å². The first-order valence-corrected chi connectivity index (χ1v) is 9.60. The van der Waals surface area contributed by atoms with Crippen LogP contribution in [0.5, 0.6) is 0 Å². The molecule has 1 heterocycles. The van der Waals surface area contributed by atoms with Crippen LogP contribution in [-0.2, 0) is 9.47 Å². The summed E-state index contributed by atoms with van der Waals surface area (Å²) in [6.07, 6.45) is -0.263. The van der Waals surface area contributed by atoms with Crippen LogP contribution < -0.4 is 0 Å². The molecule has 0 aromatic carbocycles. The standard InChI is InChI=1S/C18H30N2O5S/c1-8-24-14(15-19-12(10-26-15)16(21)22)9-13(11(2)3)20(7)17(23)25-18(4,5)6/h10-11,13-14H,8-9H2,1-7H3,(H,21,22)/t13-,14-/m1/s1. The Hall–Kier alpha value is -1.67.